The smallest absolute Gasteiger partial charge is 0.126 e. The molecule has 2 nitrogen and oxygen atoms in total. The standard InChI is InChI=1S/C18H23NOS/c1-14(19-12-13-21-3)15-8-10-16(11-9-15)17-6-4-5-7-18(17)20-2/h4-11,14,19H,12-13H2,1-3H3. The monoisotopic (exact) mass is 301 g/mol. The number of nitrogens with one attached hydrogen (secondary N) is 1. The van der Waals surface area contributed by atoms with Crippen molar-refractivity contribution in [1.29, 1.82) is 0 Å². The molecular formula is C18H23NOS. The van der Waals surface area contributed by atoms with Crippen molar-refractivity contribution in [3.05, 3.63) is 54.1 Å². The summed E-state index contributed by atoms with van der Waals surface area (Å²) >= 11 is 1.87. The lowest BCUT2D eigenvalue weighted by Gasteiger charge is -2.15. The fraction of sp³-hybridized carbons (Fsp3) is 0.333. The van der Waals surface area contributed by atoms with E-state index >= 15 is 0 Å². The third kappa shape index (κ3) is 4.26. The predicted octanol–water partition coefficient (Wildman–Crippen LogP) is 4.38. The first-order valence-corrected chi connectivity index (χ1v) is 8.61. The molecule has 21 heavy (non-hydrogen) atoms. The number of ether oxygens (including phenoxy) is 1. The molecule has 2 aromatic carbocycles. The number of methoxy groups -OCH3 is 1. The normalized spacial score (nSPS) is 12.1. The largest absolute Gasteiger partial charge is 0.496 e. The van der Waals surface area contributed by atoms with Crippen LogP contribution in [0.15, 0.2) is 48.5 Å². The first-order valence-electron chi connectivity index (χ1n) is 7.22. The summed E-state index contributed by atoms with van der Waals surface area (Å²) in [4.78, 5) is 0. The summed E-state index contributed by atoms with van der Waals surface area (Å²) in [6.07, 6.45) is 2.13. The molecule has 1 atom stereocenters. The Morgan fingerprint density at radius 2 is 1.81 bits per heavy atom. The molecule has 0 spiro atoms. The van der Waals surface area contributed by atoms with Crippen molar-refractivity contribution >= 4 is 11.8 Å². The summed E-state index contributed by atoms with van der Waals surface area (Å²) < 4.78 is 5.43. The fourth-order valence-electron chi connectivity index (χ4n) is 2.33. The van der Waals surface area contributed by atoms with Gasteiger partial charge in [0.25, 0.3) is 0 Å². The van der Waals surface area contributed by atoms with Gasteiger partial charge in [-0.15, -0.1) is 0 Å². The minimum atomic E-state index is 0.379. The van der Waals surface area contributed by atoms with E-state index < -0.39 is 0 Å². The Labute approximate surface area is 131 Å². The zero-order chi connectivity index (χ0) is 15.1. The molecule has 0 saturated heterocycles. The minimum absolute atomic E-state index is 0.379. The number of rotatable bonds is 7. The van der Waals surface area contributed by atoms with Gasteiger partial charge in [-0.05, 0) is 30.4 Å². The summed E-state index contributed by atoms with van der Waals surface area (Å²) in [6.45, 7) is 3.25. The van der Waals surface area contributed by atoms with Crippen LogP contribution in [-0.2, 0) is 0 Å². The van der Waals surface area contributed by atoms with Gasteiger partial charge < -0.3 is 10.1 Å². The highest BCUT2D eigenvalue weighted by Gasteiger charge is 2.07. The van der Waals surface area contributed by atoms with Crippen LogP contribution in [-0.4, -0.2) is 25.7 Å². The molecule has 0 fully saturated rings. The lowest BCUT2D eigenvalue weighted by molar-refractivity contribution is 0.416. The Balaban J connectivity index is 2.11. The summed E-state index contributed by atoms with van der Waals surface area (Å²) in [6, 6.07) is 17.2. The van der Waals surface area contributed by atoms with E-state index in [1.54, 1.807) is 7.11 Å². The maximum absolute atomic E-state index is 5.43. The predicted molar refractivity (Wildman–Crippen MR) is 93.2 cm³/mol. The molecule has 0 amide bonds. The second-order valence-corrected chi connectivity index (χ2v) is 5.98. The van der Waals surface area contributed by atoms with Gasteiger partial charge in [-0.1, -0.05) is 42.5 Å². The average molecular weight is 301 g/mol. The summed E-state index contributed by atoms with van der Waals surface area (Å²) in [5, 5.41) is 3.54. The Morgan fingerprint density at radius 3 is 2.48 bits per heavy atom. The fourth-order valence-corrected chi connectivity index (χ4v) is 2.65. The van der Waals surface area contributed by atoms with Crippen LogP contribution in [0, 0.1) is 0 Å². The third-order valence-corrected chi connectivity index (χ3v) is 4.20. The Bertz CT molecular complexity index is 553. The van der Waals surface area contributed by atoms with Gasteiger partial charge in [0, 0.05) is 23.9 Å². The first kappa shape index (κ1) is 15.9. The highest BCUT2D eigenvalue weighted by molar-refractivity contribution is 7.98. The molecular weight excluding hydrogens is 278 g/mol. The van der Waals surface area contributed by atoms with Crippen molar-refractivity contribution < 1.29 is 4.74 Å². The Kier molecular flexibility index (Phi) is 6.15. The summed E-state index contributed by atoms with van der Waals surface area (Å²) in [5.74, 6) is 2.06. The molecule has 0 aliphatic heterocycles. The highest BCUT2D eigenvalue weighted by Crippen LogP contribution is 2.30. The average Bonchev–Trinajstić information content (AvgIpc) is 2.55. The van der Waals surface area contributed by atoms with Crippen LogP contribution in [0.5, 0.6) is 5.75 Å². The Hall–Kier alpha value is -1.45. The van der Waals surface area contributed by atoms with Gasteiger partial charge in [-0.2, -0.15) is 11.8 Å². The van der Waals surface area contributed by atoms with Gasteiger partial charge in [0.2, 0.25) is 0 Å². The molecule has 3 heteroatoms. The molecule has 0 aliphatic carbocycles. The SMILES string of the molecule is COc1ccccc1-c1ccc(C(C)NCCSC)cc1. The molecule has 0 aliphatic rings. The third-order valence-electron chi connectivity index (χ3n) is 3.59. The van der Waals surface area contributed by atoms with Crippen molar-refractivity contribution in [2.75, 3.05) is 25.7 Å². The van der Waals surface area contributed by atoms with Crippen LogP contribution < -0.4 is 10.1 Å². The molecule has 112 valence electrons. The molecule has 1 unspecified atom stereocenters. The molecule has 0 heterocycles. The van der Waals surface area contributed by atoms with E-state index in [0.717, 1.165) is 23.6 Å². The van der Waals surface area contributed by atoms with Gasteiger partial charge in [0.15, 0.2) is 0 Å². The van der Waals surface area contributed by atoms with Gasteiger partial charge in [-0.3, -0.25) is 0 Å². The van der Waals surface area contributed by atoms with Crippen LogP contribution in [0.2, 0.25) is 0 Å². The van der Waals surface area contributed by atoms with Crippen molar-refractivity contribution in [3.8, 4) is 16.9 Å². The maximum atomic E-state index is 5.43. The second kappa shape index (κ2) is 8.11. The quantitative estimate of drug-likeness (QED) is 0.767. The van der Waals surface area contributed by atoms with Gasteiger partial charge in [0.1, 0.15) is 5.75 Å². The zero-order valence-electron chi connectivity index (χ0n) is 12.9. The topological polar surface area (TPSA) is 21.3 Å². The van der Waals surface area contributed by atoms with Gasteiger partial charge in [0.05, 0.1) is 7.11 Å². The zero-order valence-corrected chi connectivity index (χ0v) is 13.7. The summed E-state index contributed by atoms with van der Waals surface area (Å²) in [5.41, 5.74) is 3.64. The maximum Gasteiger partial charge on any atom is 0.126 e. The van der Waals surface area contributed by atoms with Crippen molar-refractivity contribution in [2.45, 2.75) is 13.0 Å². The minimum Gasteiger partial charge on any atom is -0.496 e. The van der Waals surface area contributed by atoms with Crippen molar-refractivity contribution in [1.82, 2.24) is 5.32 Å². The van der Waals surface area contributed by atoms with Crippen LogP contribution in [0.25, 0.3) is 11.1 Å². The van der Waals surface area contributed by atoms with Crippen LogP contribution in [0.1, 0.15) is 18.5 Å². The molecule has 1 N–H and O–H groups in total. The van der Waals surface area contributed by atoms with Crippen molar-refractivity contribution in [3.63, 3.8) is 0 Å². The van der Waals surface area contributed by atoms with Gasteiger partial charge in [-0.25, -0.2) is 0 Å². The van der Waals surface area contributed by atoms with Crippen molar-refractivity contribution in [2.24, 2.45) is 0 Å². The van der Waals surface area contributed by atoms with E-state index in [1.165, 1.54) is 11.1 Å². The van der Waals surface area contributed by atoms with Crippen LogP contribution in [0.4, 0.5) is 0 Å². The summed E-state index contributed by atoms with van der Waals surface area (Å²) in [7, 11) is 1.71. The Morgan fingerprint density at radius 1 is 1.10 bits per heavy atom. The lowest BCUT2D eigenvalue weighted by atomic mass is 10.0. The van der Waals surface area contributed by atoms with E-state index in [1.807, 2.05) is 30.0 Å². The van der Waals surface area contributed by atoms with E-state index in [4.69, 9.17) is 4.74 Å². The number of thioether (sulfide) groups is 1. The van der Waals surface area contributed by atoms with E-state index in [9.17, 15) is 0 Å². The van der Waals surface area contributed by atoms with Gasteiger partial charge >= 0.3 is 0 Å². The number of para-hydroxylation sites is 1. The highest BCUT2D eigenvalue weighted by atomic mass is 32.2. The van der Waals surface area contributed by atoms with E-state index in [2.05, 4.69) is 48.8 Å². The molecule has 0 bridgehead atoms. The molecule has 0 saturated carbocycles. The molecule has 2 rings (SSSR count). The van der Waals surface area contributed by atoms with Crippen LogP contribution in [0.3, 0.4) is 0 Å². The number of hydrogen-bond donors (Lipinski definition) is 1. The molecule has 2 aromatic rings. The lowest BCUT2D eigenvalue weighted by Crippen LogP contribution is -2.21. The second-order valence-electron chi connectivity index (χ2n) is 4.99. The van der Waals surface area contributed by atoms with E-state index in [0.29, 0.717) is 6.04 Å². The first-order chi connectivity index (χ1) is 10.3. The molecule has 0 aromatic heterocycles. The number of benzene rings is 2. The molecule has 0 radical (unpaired) electrons. The van der Waals surface area contributed by atoms with E-state index in [-0.39, 0.29) is 0 Å². The van der Waals surface area contributed by atoms with Crippen LogP contribution >= 0.6 is 11.8 Å². The number of hydrogen-bond acceptors (Lipinski definition) is 3.